The zero-order valence-corrected chi connectivity index (χ0v) is 23.6. The van der Waals surface area contributed by atoms with Crippen molar-refractivity contribution < 1.29 is 18.7 Å². The van der Waals surface area contributed by atoms with Crippen LogP contribution in [0, 0.1) is 0 Å². The lowest BCUT2D eigenvalue weighted by Gasteiger charge is -2.38. The van der Waals surface area contributed by atoms with Gasteiger partial charge < -0.3 is 18.7 Å². The van der Waals surface area contributed by atoms with E-state index < -0.39 is 12.7 Å². The molecule has 2 rings (SSSR count). The van der Waals surface area contributed by atoms with Gasteiger partial charge >= 0.3 is 14.6 Å². The zero-order chi connectivity index (χ0) is 25.5. The van der Waals surface area contributed by atoms with E-state index >= 15 is 0 Å². The SMILES string of the molecule is C=C(CCc1ccc(B2OC(C)(C)C(C)(C)O2)cc1BOC(C)(C)C(C)(C)S)OC(C)(C)C. The Kier molecular flexibility index (Phi) is 8.28. The highest BCUT2D eigenvalue weighted by Gasteiger charge is 2.51. The van der Waals surface area contributed by atoms with Gasteiger partial charge in [0.2, 0.25) is 0 Å². The van der Waals surface area contributed by atoms with Gasteiger partial charge in [-0.2, -0.15) is 12.6 Å². The highest BCUT2D eigenvalue weighted by molar-refractivity contribution is 7.81. The van der Waals surface area contributed by atoms with Crippen molar-refractivity contribution in [3.05, 3.63) is 36.1 Å². The summed E-state index contributed by atoms with van der Waals surface area (Å²) in [5.74, 6) is 0.793. The predicted molar refractivity (Wildman–Crippen MR) is 145 cm³/mol. The second-order valence-corrected chi connectivity index (χ2v) is 13.3. The summed E-state index contributed by atoms with van der Waals surface area (Å²) in [6.07, 6.45) is 1.57. The molecule has 0 amide bonds. The van der Waals surface area contributed by atoms with Crippen molar-refractivity contribution in [2.75, 3.05) is 0 Å². The Labute approximate surface area is 209 Å². The Bertz CT molecular complexity index is 835. The molecule has 1 fully saturated rings. The smallest absolute Gasteiger partial charge is 0.493 e. The molecule has 1 aromatic rings. The second-order valence-electron chi connectivity index (χ2n) is 12.2. The molecule has 1 aliphatic heterocycles. The van der Waals surface area contributed by atoms with E-state index in [1.54, 1.807) is 0 Å². The average Bonchev–Trinajstić information content (AvgIpc) is 2.83. The molecule has 0 N–H and O–H groups in total. The summed E-state index contributed by atoms with van der Waals surface area (Å²) in [5.41, 5.74) is 1.92. The molecule has 0 saturated carbocycles. The van der Waals surface area contributed by atoms with Crippen LogP contribution < -0.4 is 10.9 Å². The fourth-order valence-corrected chi connectivity index (χ4v) is 3.41. The molecule has 0 atom stereocenters. The van der Waals surface area contributed by atoms with Crippen LogP contribution in [-0.2, 0) is 25.1 Å². The van der Waals surface area contributed by atoms with E-state index in [-0.39, 0.29) is 21.6 Å². The largest absolute Gasteiger partial charge is 0.494 e. The summed E-state index contributed by atoms with van der Waals surface area (Å²) in [7, 11) is 0.0723. The van der Waals surface area contributed by atoms with Gasteiger partial charge in [0, 0.05) is 11.2 Å². The lowest BCUT2D eigenvalue weighted by atomic mass is 9.72. The fourth-order valence-electron chi connectivity index (χ4n) is 3.34. The number of hydrogen-bond acceptors (Lipinski definition) is 5. The molecule has 0 spiro atoms. The van der Waals surface area contributed by atoms with Gasteiger partial charge in [0.25, 0.3) is 0 Å². The first-order valence-electron chi connectivity index (χ1n) is 11.9. The number of ether oxygens (including phenoxy) is 1. The van der Waals surface area contributed by atoms with Crippen molar-refractivity contribution >= 4 is 38.2 Å². The fraction of sp³-hybridized carbons (Fsp3) is 0.692. The molecule has 1 aliphatic rings. The number of allylic oxidation sites excluding steroid dienone is 1. The lowest BCUT2D eigenvalue weighted by Crippen LogP contribution is -2.47. The Hall–Kier alpha value is -0.880. The molecule has 1 aromatic carbocycles. The van der Waals surface area contributed by atoms with Crippen molar-refractivity contribution in [3.63, 3.8) is 0 Å². The van der Waals surface area contributed by atoms with Crippen molar-refractivity contribution in [1.29, 1.82) is 0 Å². The maximum absolute atomic E-state index is 6.40. The highest BCUT2D eigenvalue weighted by atomic mass is 32.1. The minimum atomic E-state index is -0.410. The lowest BCUT2D eigenvalue weighted by molar-refractivity contribution is 0.00578. The van der Waals surface area contributed by atoms with E-state index in [9.17, 15) is 0 Å². The molecular formula is C26H44B2O4S. The first-order chi connectivity index (χ1) is 14.7. The van der Waals surface area contributed by atoms with Crippen molar-refractivity contribution in [1.82, 2.24) is 0 Å². The molecule has 4 nitrogen and oxygen atoms in total. The Morgan fingerprint density at radius 3 is 2.06 bits per heavy atom. The van der Waals surface area contributed by atoms with E-state index in [4.69, 9.17) is 31.3 Å². The van der Waals surface area contributed by atoms with Crippen LogP contribution in [0.25, 0.3) is 0 Å². The summed E-state index contributed by atoms with van der Waals surface area (Å²) in [6.45, 7) is 26.8. The van der Waals surface area contributed by atoms with Crippen LogP contribution in [0.1, 0.15) is 88.1 Å². The third-order valence-corrected chi connectivity index (χ3v) is 7.48. The third-order valence-electron chi connectivity index (χ3n) is 6.94. The molecule has 7 heteroatoms. The van der Waals surface area contributed by atoms with Gasteiger partial charge in [-0.1, -0.05) is 30.3 Å². The van der Waals surface area contributed by atoms with Gasteiger partial charge in [-0.15, -0.1) is 0 Å². The standard InChI is InChI=1S/C26H44B2O4S/c1-18(29-22(2,3)4)13-14-19-15-16-20(28-31-23(5,6)24(7,8)32-28)17-21(19)27-30-25(9,10)26(11,12)33/h15-17,27,33H,1,13-14H2,2-12H3. The van der Waals surface area contributed by atoms with Gasteiger partial charge in [0.05, 0.1) is 22.6 Å². The van der Waals surface area contributed by atoms with E-state index in [1.165, 1.54) is 5.56 Å². The monoisotopic (exact) mass is 474 g/mol. The van der Waals surface area contributed by atoms with E-state index in [2.05, 4.69) is 80.2 Å². The highest BCUT2D eigenvalue weighted by Crippen LogP contribution is 2.36. The first kappa shape index (κ1) is 28.4. The van der Waals surface area contributed by atoms with Gasteiger partial charge in [0.1, 0.15) is 5.60 Å². The minimum absolute atomic E-state index is 0.244. The van der Waals surface area contributed by atoms with Gasteiger partial charge in [-0.05, 0) is 93.5 Å². The summed E-state index contributed by atoms with van der Waals surface area (Å²) < 4.78 is 24.6. The predicted octanol–water partition coefficient (Wildman–Crippen LogP) is 4.73. The van der Waals surface area contributed by atoms with Crippen LogP contribution in [0.5, 0.6) is 0 Å². The maximum atomic E-state index is 6.40. The number of thiol groups is 1. The van der Waals surface area contributed by atoms with Crippen LogP contribution in [-0.4, -0.2) is 41.8 Å². The molecule has 1 heterocycles. The zero-order valence-electron chi connectivity index (χ0n) is 22.7. The summed E-state index contributed by atoms with van der Waals surface area (Å²) >= 11 is 4.75. The minimum Gasteiger partial charge on any atom is -0.493 e. The third kappa shape index (κ3) is 7.30. The molecule has 0 radical (unpaired) electrons. The van der Waals surface area contributed by atoms with Crippen LogP contribution >= 0.6 is 12.6 Å². The van der Waals surface area contributed by atoms with E-state index in [1.807, 2.05) is 20.8 Å². The maximum Gasteiger partial charge on any atom is 0.494 e. The van der Waals surface area contributed by atoms with Gasteiger partial charge in [-0.25, -0.2) is 0 Å². The number of benzene rings is 1. The van der Waals surface area contributed by atoms with Crippen molar-refractivity contribution in [3.8, 4) is 0 Å². The molecule has 184 valence electrons. The summed E-state index contributed by atoms with van der Waals surface area (Å²) in [6, 6.07) is 6.41. The molecule has 33 heavy (non-hydrogen) atoms. The normalized spacial score (nSPS) is 18.4. The van der Waals surface area contributed by atoms with Crippen molar-refractivity contribution in [2.45, 2.75) is 116 Å². The van der Waals surface area contributed by atoms with E-state index in [0.29, 0.717) is 7.48 Å². The second kappa shape index (κ2) is 9.64. The van der Waals surface area contributed by atoms with Crippen LogP contribution in [0.2, 0.25) is 0 Å². The molecule has 0 aromatic heterocycles. The first-order valence-corrected chi connectivity index (χ1v) is 12.4. The van der Waals surface area contributed by atoms with Crippen LogP contribution in [0.15, 0.2) is 30.5 Å². The molecule has 0 bridgehead atoms. The Morgan fingerprint density at radius 2 is 1.58 bits per heavy atom. The Balaban J connectivity index is 2.28. The molecule has 1 saturated heterocycles. The number of hydrogen-bond donors (Lipinski definition) is 1. The molecule has 0 aliphatic carbocycles. The summed E-state index contributed by atoms with van der Waals surface area (Å²) in [4.78, 5) is 0. The van der Waals surface area contributed by atoms with E-state index in [0.717, 1.165) is 29.5 Å². The molecular weight excluding hydrogens is 430 g/mol. The Morgan fingerprint density at radius 1 is 1.03 bits per heavy atom. The van der Waals surface area contributed by atoms with Crippen molar-refractivity contribution in [2.24, 2.45) is 0 Å². The van der Waals surface area contributed by atoms with Crippen LogP contribution in [0.4, 0.5) is 0 Å². The number of rotatable bonds is 9. The topological polar surface area (TPSA) is 36.9 Å². The number of aryl methyl sites for hydroxylation is 1. The quantitative estimate of drug-likeness (QED) is 0.319. The van der Waals surface area contributed by atoms with Crippen LogP contribution in [0.3, 0.4) is 0 Å². The van der Waals surface area contributed by atoms with Gasteiger partial charge in [0.15, 0.2) is 0 Å². The average molecular weight is 474 g/mol. The summed E-state index contributed by atoms with van der Waals surface area (Å²) in [5, 5.41) is 0. The van der Waals surface area contributed by atoms with Gasteiger partial charge in [-0.3, -0.25) is 0 Å². The molecule has 0 unspecified atom stereocenters.